The van der Waals surface area contributed by atoms with Gasteiger partial charge >= 0.3 is 0 Å². The molecule has 0 aliphatic rings. The van der Waals surface area contributed by atoms with Crippen molar-refractivity contribution in [2.45, 2.75) is 20.8 Å². The van der Waals surface area contributed by atoms with E-state index in [9.17, 15) is 0 Å². The summed E-state index contributed by atoms with van der Waals surface area (Å²) in [6.07, 6.45) is 4.96. The Balaban J connectivity index is 0.000000531. The van der Waals surface area contributed by atoms with Crippen LogP contribution < -0.4 is 5.73 Å². The van der Waals surface area contributed by atoms with Gasteiger partial charge in [0.15, 0.2) is 0 Å². The van der Waals surface area contributed by atoms with Crippen LogP contribution in [0.15, 0.2) is 24.7 Å². The maximum atomic E-state index is 5.55. The lowest BCUT2D eigenvalue weighted by Crippen LogP contribution is -1.99. The number of aryl methyl sites for hydroxylation is 1. The minimum Gasteiger partial charge on any atom is -0.396 e. The highest BCUT2D eigenvalue weighted by Crippen LogP contribution is 2.10. The van der Waals surface area contributed by atoms with Gasteiger partial charge in [0.2, 0.25) is 0 Å². The van der Waals surface area contributed by atoms with Gasteiger partial charge in [0.05, 0.1) is 35.7 Å². The molecule has 0 atom stereocenters. The first-order chi connectivity index (χ1) is 7.27. The molecule has 0 aliphatic heterocycles. The summed E-state index contributed by atoms with van der Waals surface area (Å²) < 4.78 is 1.68. The van der Waals surface area contributed by atoms with Gasteiger partial charge < -0.3 is 5.73 Å². The molecule has 0 spiro atoms. The van der Waals surface area contributed by atoms with Crippen LogP contribution in [0, 0.1) is 6.92 Å². The molecule has 0 radical (unpaired) electrons. The van der Waals surface area contributed by atoms with Crippen LogP contribution >= 0.6 is 0 Å². The molecule has 0 aromatic carbocycles. The van der Waals surface area contributed by atoms with Crippen molar-refractivity contribution in [2.75, 3.05) is 5.73 Å². The topological polar surface area (TPSA) is 69.6 Å². The van der Waals surface area contributed by atoms with E-state index in [1.807, 2.05) is 26.8 Å². The predicted molar refractivity (Wildman–Crippen MR) is 59.7 cm³/mol. The minimum absolute atomic E-state index is 0.635. The van der Waals surface area contributed by atoms with Gasteiger partial charge in [-0.2, -0.15) is 15.3 Å². The van der Waals surface area contributed by atoms with E-state index in [1.54, 1.807) is 23.3 Å². The second-order valence-corrected chi connectivity index (χ2v) is 2.72. The van der Waals surface area contributed by atoms with Crippen LogP contribution in [0.3, 0.4) is 0 Å². The first-order valence-electron chi connectivity index (χ1n) is 4.86. The molecule has 2 aromatic rings. The number of rotatable bonds is 1. The highest BCUT2D eigenvalue weighted by atomic mass is 15.3. The molecule has 0 amide bonds. The van der Waals surface area contributed by atoms with E-state index in [0.717, 1.165) is 11.4 Å². The fraction of sp³-hybridized carbons (Fsp3) is 0.300. The molecule has 0 aliphatic carbocycles. The zero-order chi connectivity index (χ0) is 11.3. The summed E-state index contributed by atoms with van der Waals surface area (Å²) in [4.78, 5) is 0. The maximum absolute atomic E-state index is 5.55. The molecule has 0 saturated heterocycles. The first kappa shape index (κ1) is 11.2. The van der Waals surface area contributed by atoms with Crippen LogP contribution in [-0.2, 0) is 0 Å². The summed E-state index contributed by atoms with van der Waals surface area (Å²) in [6, 6.07) is 1.84. The number of anilines is 1. The highest BCUT2D eigenvalue weighted by molar-refractivity contribution is 5.39. The Morgan fingerprint density at radius 3 is 2.60 bits per heavy atom. The lowest BCUT2D eigenvalue weighted by atomic mass is 10.3. The van der Waals surface area contributed by atoms with Gasteiger partial charge in [0, 0.05) is 0 Å². The molecular weight excluding hydrogens is 190 g/mol. The predicted octanol–water partition coefficient (Wildman–Crippen LogP) is 1.58. The average Bonchev–Trinajstić information content (AvgIpc) is 2.68. The van der Waals surface area contributed by atoms with Gasteiger partial charge in [-0.15, -0.1) is 0 Å². The third kappa shape index (κ3) is 2.52. The molecule has 5 heteroatoms. The Hall–Kier alpha value is -1.91. The van der Waals surface area contributed by atoms with Crippen LogP contribution in [0.2, 0.25) is 0 Å². The third-order valence-electron chi connectivity index (χ3n) is 1.73. The Morgan fingerprint density at radius 2 is 2.07 bits per heavy atom. The summed E-state index contributed by atoms with van der Waals surface area (Å²) in [5, 5.41) is 11.7. The van der Waals surface area contributed by atoms with Crippen molar-refractivity contribution < 1.29 is 0 Å². The van der Waals surface area contributed by atoms with Gasteiger partial charge in [-0.05, 0) is 13.0 Å². The quantitative estimate of drug-likeness (QED) is 0.767. The summed E-state index contributed by atoms with van der Waals surface area (Å²) in [6.45, 7) is 5.88. The zero-order valence-electron chi connectivity index (χ0n) is 9.18. The van der Waals surface area contributed by atoms with E-state index in [2.05, 4.69) is 15.3 Å². The second kappa shape index (κ2) is 5.09. The number of nitrogen functional groups attached to an aromatic ring is 1. The average molecular weight is 205 g/mol. The highest BCUT2D eigenvalue weighted by Gasteiger charge is 2.02. The van der Waals surface area contributed by atoms with Crippen LogP contribution in [0.5, 0.6) is 0 Å². The summed E-state index contributed by atoms with van der Waals surface area (Å²) in [5.74, 6) is 0. The standard InChI is InChI=1S/C8H9N5.C2H6/c1-6-8(2-3-10-12-6)13-5-7(9)4-11-13;1-2/h2-5H,9H2,1H3;1-2H3. The Kier molecular flexibility index (Phi) is 3.79. The molecule has 2 rings (SSSR count). The summed E-state index contributed by atoms with van der Waals surface area (Å²) >= 11 is 0. The number of aromatic nitrogens is 4. The normalized spacial score (nSPS) is 9.27. The number of hydrogen-bond donors (Lipinski definition) is 1. The molecule has 2 heterocycles. The monoisotopic (exact) mass is 205 g/mol. The Morgan fingerprint density at radius 1 is 1.33 bits per heavy atom. The van der Waals surface area contributed by atoms with E-state index >= 15 is 0 Å². The van der Waals surface area contributed by atoms with Crippen LogP contribution in [0.1, 0.15) is 19.5 Å². The molecular formula is C10H15N5. The molecule has 2 N–H and O–H groups in total. The van der Waals surface area contributed by atoms with E-state index in [1.165, 1.54) is 0 Å². The summed E-state index contributed by atoms with van der Waals surface area (Å²) in [7, 11) is 0. The smallest absolute Gasteiger partial charge is 0.0893 e. The number of nitrogens with two attached hydrogens (primary N) is 1. The SMILES string of the molecule is CC.Cc1nnccc1-n1cc(N)cn1. The third-order valence-corrected chi connectivity index (χ3v) is 1.73. The van der Waals surface area contributed by atoms with Crippen molar-refractivity contribution in [3.63, 3.8) is 0 Å². The molecule has 2 aromatic heterocycles. The Labute approximate surface area is 88.9 Å². The molecule has 0 saturated carbocycles. The molecule has 0 unspecified atom stereocenters. The van der Waals surface area contributed by atoms with Crippen molar-refractivity contribution in [1.29, 1.82) is 0 Å². The van der Waals surface area contributed by atoms with E-state index in [-0.39, 0.29) is 0 Å². The largest absolute Gasteiger partial charge is 0.396 e. The summed E-state index contributed by atoms with van der Waals surface area (Å²) in [5.41, 5.74) is 7.90. The number of hydrogen-bond acceptors (Lipinski definition) is 4. The van der Waals surface area contributed by atoms with Gasteiger partial charge in [-0.1, -0.05) is 13.8 Å². The van der Waals surface area contributed by atoms with E-state index in [4.69, 9.17) is 5.73 Å². The minimum atomic E-state index is 0.635. The fourth-order valence-electron chi connectivity index (χ4n) is 1.11. The van der Waals surface area contributed by atoms with Crippen molar-refractivity contribution in [3.05, 3.63) is 30.4 Å². The Bertz CT molecular complexity index is 421. The molecule has 80 valence electrons. The van der Waals surface area contributed by atoms with Gasteiger partial charge in [-0.3, -0.25) is 0 Å². The molecule has 15 heavy (non-hydrogen) atoms. The van der Waals surface area contributed by atoms with E-state index in [0.29, 0.717) is 5.69 Å². The maximum Gasteiger partial charge on any atom is 0.0893 e. The van der Waals surface area contributed by atoms with Crippen molar-refractivity contribution in [1.82, 2.24) is 20.0 Å². The van der Waals surface area contributed by atoms with Gasteiger partial charge in [-0.25, -0.2) is 4.68 Å². The number of nitrogens with zero attached hydrogens (tertiary/aromatic N) is 4. The lowest BCUT2D eigenvalue weighted by molar-refractivity contribution is 0.840. The second-order valence-electron chi connectivity index (χ2n) is 2.72. The van der Waals surface area contributed by atoms with Crippen LogP contribution in [0.25, 0.3) is 5.69 Å². The van der Waals surface area contributed by atoms with Gasteiger partial charge in [0.25, 0.3) is 0 Å². The van der Waals surface area contributed by atoms with Gasteiger partial charge in [0.1, 0.15) is 0 Å². The fourth-order valence-corrected chi connectivity index (χ4v) is 1.11. The van der Waals surface area contributed by atoms with Crippen molar-refractivity contribution in [3.8, 4) is 5.69 Å². The van der Waals surface area contributed by atoms with Crippen LogP contribution in [-0.4, -0.2) is 20.0 Å². The first-order valence-corrected chi connectivity index (χ1v) is 4.86. The van der Waals surface area contributed by atoms with Crippen molar-refractivity contribution >= 4 is 5.69 Å². The molecule has 0 bridgehead atoms. The van der Waals surface area contributed by atoms with E-state index < -0.39 is 0 Å². The van der Waals surface area contributed by atoms with Crippen molar-refractivity contribution in [2.24, 2.45) is 0 Å². The zero-order valence-corrected chi connectivity index (χ0v) is 9.18. The molecule has 5 nitrogen and oxygen atoms in total. The lowest BCUT2D eigenvalue weighted by Gasteiger charge is -2.01. The van der Waals surface area contributed by atoms with Crippen LogP contribution in [0.4, 0.5) is 5.69 Å². The molecule has 0 fully saturated rings.